The predicted octanol–water partition coefficient (Wildman–Crippen LogP) is 1.85. The van der Waals surface area contributed by atoms with Crippen molar-refractivity contribution in [1.82, 2.24) is 5.32 Å². The van der Waals surface area contributed by atoms with Gasteiger partial charge in [0.1, 0.15) is 5.75 Å². The quantitative estimate of drug-likeness (QED) is 0.749. The number of rotatable bonds is 6. The van der Waals surface area contributed by atoms with E-state index in [2.05, 4.69) is 26.1 Å². The minimum absolute atomic E-state index is 0.150. The van der Waals surface area contributed by atoms with Crippen LogP contribution in [0.25, 0.3) is 0 Å². The molecule has 0 saturated heterocycles. The summed E-state index contributed by atoms with van der Waals surface area (Å²) < 4.78 is 0. The molecule has 0 aliphatic heterocycles. The zero-order valence-corrected chi connectivity index (χ0v) is 14.7. The van der Waals surface area contributed by atoms with E-state index in [0.717, 1.165) is 32.4 Å². The van der Waals surface area contributed by atoms with E-state index in [0.29, 0.717) is 18.2 Å². The molecular weight excluding hydrogens is 288 g/mol. The second-order valence-corrected chi connectivity index (χ2v) is 6.99. The number of quaternary nitrogens is 1. The Kier molecular flexibility index (Phi) is 6.05. The lowest BCUT2D eigenvalue weighted by atomic mass is 9.70. The highest BCUT2D eigenvalue weighted by Gasteiger charge is 2.39. The predicted molar refractivity (Wildman–Crippen MR) is 92.8 cm³/mol. The van der Waals surface area contributed by atoms with Crippen LogP contribution in [0.3, 0.4) is 0 Å². The first-order valence-electron chi connectivity index (χ1n) is 8.92. The van der Waals surface area contributed by atoms with Gasteiger partial charge >= 0.3 is 0 Å². The molecule has 1 aromatic rings. The highest BCUT2D eigenvalue weighted by molar-refractivity contribution is 5.77. The number of aromatic hydroxyl groups is 1. The summed E-state index contributed by atoms with van der Waals surface area (Å²) in [4.78, 5) is 13.8. The fraction of sp³-hybridized carbons (Fsp3) is 0.632. The molecule has 1 fully saturated rings. The van der Waals surface area contributed by atoms with Crippen LogP contribution in [0.4, 0.5) is 0 Å². The van der Waals surface area contributed by atoms with Crippen molar-refractivity contribution < 1.29 is 14.8 Å². The second kappa shape index (κ2) is 7.82. The SMILES string of the molecule is CC[NH+](CC)CC(=O)N[C@]1(C)CCCC[C@@H]1c1ccc(O)cc1. The summed E-state index contributed by atoms with van der Waals surface area (Å²) in [5.74, 6) is 0.754. The van der Waals surface area contributed by atoms with E-state index in [4.69, 9.17) is 0 Å². The van der Waals surface area contributed by atoms with Crippen molar-refractivity contribution in [3.63, 3.8) is 0 Å². The van der Waals surface area contributed by atoms with E-state index in [1.54, 1.807) is 12.1 Å². The van der Waals surface area contributed by atoms with Crippen LogP contribution < -0.4 is 10.2 Å². The van der Waals surface area contributed by atoms with Gasteiger partial charge in [-0.3, -0.25) is 4.79 Å². The molecule has 1 saturated carbocycles. The van der Waals surface area contributed by atoms with Crippen molar-refractivity contribution in [2.75, 3.05) is 19.6 Å². The molecule has 128 valence electrons. The van der Waals surface area contributed by atoms with Crippen LogP contribution in [-0.2, 0) is 4.79 Å². The summed E-state index contributed by atoms with van der Waals surface area (Å²) in [5, 5.41) is 12.8. The van der Waals surface area contributed by atoms with Gasteiger partial charge in [0.2, 0.25) is 0 Å². The Labute approximate surface area is 139 Å². The summed E-state index contributed by atoms with van der Waals surface area (Å²) >= 11 is 0. The van der Waals surface area contributed by atoms with Gasteiger partial charge in [-0.15, -0.1) is 0 Å². The number of phenols is 1. The maximum absolute atomic E-state index is 12.5. The third-order valence-corrected chi connectivity index (χ3v) is 5.34. The highest BCUT2D eigenvalue weighted by atomic mass is 16.3. The van der Waals surface area contributed by atoms with Crippen LogP contribution in [0.15, 0.2) is 24.3 Å². The molecule has 2 rings (SSSR count). The minimum atomic E-state index is -0.196. The molecule has 1 amide bonds. The van der Waals surface area contributed by atoms with Crippen LogP contribution in [-0.4, -0.2) is 36.2 Å². The molecule has 0 heterocycles. The van der Waals surface area contributed by atoms with Gasteiger partial charge in [-0.25, -0.2) is 0 Å². The molecule has 1 aromatic carbocycles. The van der Waals surface area contributed by atoms with Crippen LogP contribution in [0.2, 0.25) is 0 Å². The van der Waals surface area contributed by atoms with E-state index in [-0.39, 0.29) is 11.4 Å². The van der Waals surface area contributed by atoms with E-state index in [9.17, 15) is 9.90 Å². The molecule has 1 aliphatic carbocycles. The number of phenolic OH excluding ortho intramolecular Hbond substituents is 1. The monoisotopic (exact) mass is 319 g/mol. The minimum Gasteiger partial charge on any atom is -0.508 e. The van der Waals surface area contributed by atoms with E-state index in [1.807, 2.05) is 12.1 Å². The number of carbonyl (C=O) groups excluding carboxylic acids is 1. The van der Waals surface area contributed by atoms with Crippen molar-refractivity contribution in [2.45, 2.75) is 57.9 Å². The third-order valence-electron chi connectivity index (χ3n) is 5.34. The number of nitrogens with one attached hydrogen (secondary N) is 2. The van der Waals surface area contributed by atoms with Crippen molar-refractivity contribution >= 4 is 5.91 Å². The molecular formula is C19H31N2O2+. The summed E-state index contributed by atoms with van der Waals surface area (Å²) in [5.41, 5.74) is 1.01. The van der Waals surface area contributed by atoms with Crippen molar-refractivity contribution in [1.29, 1.82) is 0 Å². The largest absolute Gasteiger partial charge is 0.508 e. The van der Waals surface area contributed by atoms with Gasteiger partial charge in [-0.05, 0) is 51.3 Å². The maximum Gasteiger partial charge on any atom is 0.275 e. The number of likely N-dealkylation sites (N-methyl/N-ethyl adjacent to an activating group) is 1. The molecule has 1 aliphatic rings. The van der Waals surface area contributed by atoms with Gasteiger partial charge in [-0.2, -0.15) is 0 Å². The maximum atomic E-state index is 12.5. The lowest BCUT2D eigenvalue weighted by molar-refractivity contribution is -0.888. The van der Waals surface area contributed by atoms with Gasteiger partial charge in [0.15, 0.2) is 6.54 Å². The van der Waals surface area contributed by atoms with Gasteiger partial charge in [0.05, 0.1) is 13.1 Å². The molecule has 0 aromatic heterocycles. The average Bonchev–Trinajstić information content (AvgIpc) is 2.53. The van der Waals surface area contributed by atoms with Crippen molar-refractivity contribution in [3.05, 3.63) is 29.8 Å². The highest BCUT2D eigenvalue weighted by Crippen LogP contribution is 2.41. The van der Waals surface area contributed by atoms with Gasteiger partial charge in [-0.1, -0.05) is 25.0 Å². The lowest BCUT2D eigenvalue weighted by Gasteiger charge is -2.42. The normalized spacial score (nSPS) is 24.6. The molecule has 23 heavy (non-hydrogen) atoms. The second-order valence-electron chi connectivity index (χ2n) is 6.99. The molecule has 4 nitrogen and oxygen atoms in total. The fourth-order valence-corrected chi connectivity index (χ4v) is 3.81. The van der Waals surface area contributed by atoms with E-state index in [1.165, 1.54) is 16.9 Å². The van der Waals surface area contributed by atoms with Crippen LogP contribution >= 0.6 is 0 Å². The first-order chi connectivity index (χ1) is 11.0. The zero-order chi connectivity index (χ0) is 16.9. The fourth-order valence-electron chi connectivity index (χ4n) is 3.81. The van der Waals surface area contributed by atoms with Crippen LogP contribution in [0, 0.1) is 0 Å². The Hall–Kier alpha value is -1.55. The Morgan fingerprint density at radius 3 is 2.52 bits per heavy atom. The molecule has 2 atom stereocenters. The number of hydrogen-bond donors (Lipinski definition) is 3. The smallest absolute Gasteiger partial charge is 0.275 e. The summed E-state index contributed by atoms with van der Waals surface area (Å²) in [6.07, 6.45) is 4.44. The Morgan fingerprint density at radius 1 is 1.26 bits per heavy atom. The molecule has 0 unspecified atom stereocenters. The molecule has 0 radical (unpaired) electrons. The summed E-state index contributed by atoms with van der Waals surface area (Å²) in [7, 11) is 0. The molecule has 4 heteroatoms. The van der Waals surface area contributed by atoms with Crippen LogP contribution in [0.5, 0.6) is 5.75 Å². The van der Waals surface area contributed by atoms with E-state index < -0.39 is 0 Å². The third kappa shape index (κ3) is 4.47. The van der Waals surface area contributed by atoms with Crippen molar-refractivity contribution in [2.24, 2.45) is 0 Å². The molecule has 0 bridgehead atoms. The number of hydrogen-bond acceptors (Lipinski definition) is 2. The average molecular weight is 319 g/mol. The molecule has 3 N–H and O–H groups in total. The van der Waals surface area contributed by atoms with Gasteiger partial charge in [0, 0.05) is 11.5 Å². The number of carbonyl (C=O) groups is 1. The molecule has 0 spiro atoms. The number of amides is 1. The Morgan fingerprint density at radius 2 is 1.91 bits per heavy atom. The Balaban J connectivity index is 2.12. The summed E-state index contributed by atoms with van der Waals surface area (Å²) in [6.45, 7) is 8.91. The summed E-state index contributed by atoms with van der Waals surface area (Å²) in [6, 6.07) is 7.47. The van der Waals surface area contributed by atoms with E-state index >= 15 is 0 Å². The van der Waals surface area contributed by atoms with Crippen LogP contribution in [0.1, 0.15) is 57.9 Å². The Bertz CT molecular complexity index is 511. The first-order valence-corrected chi connectivity index (χ1v) is 8.92. The van der Waals surface area contributed by atoms with Crippen molar-refractivity contribution in [3.8, 4) is 5.75 Å². The lowest BCUT2D eigenvalue weighted by Crippen LogP contribution is -3.12. The standard InChI is InChI=1S/C19H30N2O2/c1-4-21(5-2)14-18(23)20-19(3)13-7-6-8-17(19)15-9-11-16(22)12-10-15/h9-12,17,22H,4-8,13-14H2,1-3H3,(H,20,23)/p+1/t17-,19-/m1/s1. The van der Waals surface area contributed by atoms with Gasteiger partial charge < -0.3 is 15.3 Å². The zero-order valence-electron chi connectivity index (χ0n) is 14.7. The number of benzene rings is 1. The first kappa shape index (κ1) is 17.8. The van der Waals surface area contributed by atoms with Gasteiger partial charge in [0.25, 0.3) is 5.91 Å². The topological polar surface area (TPSA) is 53.8 Å².